The minimum atomic E-state index is -1.09. The van der Waals surface area contributed by atoms with Crippen molar-refractivity contribution in [3.8, 4) is 0 Å². The summed E-state index contributed by atoms with van der Waals surface area (Å²) in [7, 11) is 0. The molecule has 1 aliphatic rings. The topological polar surface area (TPSA) is 306 Å². The molecule has 0 aliphatic heterocycles. The Labute approximate surface area is 693 Å². The number of pyridine rings is 4. The molecule has 2 atom stereocenters. The smallest absolute Gasteiger partial charge is 0.276 e. The summed E-state index contributed by atoms with van der Waals surface area (Å²) in [6.07, 6.45) is 7.97. The van der Waals surface area contributed by atoms with Gasteiger partial charge in [0.15, 0.2) is 0 Å². The van der Waals surface area contributed by atoms with Crippen LogP contribution >= 0.6 is 136 Å². The third-order valence-electron chi connectivity index (χ3n) is 16.7. The van der Waals surface area contributed by atoms with Gasteiger partial charge in [0.25, 0.3) is 23.6 Å². The van der Waals surface area contributed by atoms with Crippen molar-refractivity contribution >= 4 is 200 Å². The van der Waals surface area contributed by atoms with Gasteiger partial charge in [0.1, 0.15) is 68.0 Å². The van der Waals surface area contributed by atoms with E-state index in [0.717, 1.165) is 74.7 Å². The van der Waals surface area contributed by atoms with E-state index in [0.29, 0.717) is 98.5 Å². The van der Waals surface area contributed by atoms with Crippen LogP contribution in [0.15, 0.2) is 122 Å². The zero-order valence-electron chi connectivity index (χ0n) is 58.4. The van der Waals surface area contributed by atoms with Crippen molar-refractivity contribution < 1.29 is 81.6 Å². The lowest BCUT2D eigenvalue weighted by atomic mass is 10.0. The Morgan fingerprint density at radius 2 is 0.697 bits per heavy atom. The Hall–Kier alpha value is -6.52. The van der Waals surface area contributed by atoms with Crippen LogP contribution in [0.25, 0.3) is 40.9 Å². The molecule has 109 heavy (non-hydrogen) atoms. The molecule has 0 unspecified atom stereocenters. The van der Waals surface area contributed by atoms with Crippen LogP contribution in [-0.2, 0) is 45.0 Å². The molecule has 33 heteroatoms. The van der Waals surface area contributed by atoms with Crippen LogP contribution in [-0.4, -0.2) is 128 Å². The fourth-order valence-corrected chi connectivity index (χ4v) is 17.8. The van der Waals surface area contributed by atoms with Crippen molar-refractivity contribution in [1.29, 1.82) is 0 Å². The summed E-state index contributed by atoms with van der Waals surface area (Å²) in [6, 6.07) is 27.4. The summed E-state index contributed by atoms with van der Waals surface area (Å²) >= 11 is 13.7. The highest BCUT2D eigenvalue weighted by atomic mass is 127. The number of amides is 4. The number of rotatable bonds is 26. The zero-order valence-corrected chi connectivity index (χ0v) is 70.3. The predicted octanol–water partition coefficient (Wildman–Crippen LogP) is 14.5. The number of nitrogens with zero attached hydrogens (tertiary/aromatic N) is 4. The van der Waals surface area contributed by atoms with Crippen molar-refractivity contribution in [2.45, 2.75) is 78.4 Å². The summed E-state index contributed by atoms with van der Waals surface area (Å²) in [5.74, 6) is -2.41. The van der Waals surface area contributed by atoms with Crippen LogP contribution in [0.2, 0.25) is 0 Å². The lowest BCUT2D eigenvalue weighted by Crippen LogP contribution is -2.30. The molecule has 0 spiro atoms. The van der Waals surface area contributed by atoms with Crippen molar-refractivity contribution in [2.75, 3.05) is 46.2 Å². The van der Waals surface area contributed by atoms with Crippen LogP contribution in [0.4, 0.5) is 17.6 Å². The maximum atomic E-state index is 14.4. The first kappa shape index (κ1) is 84.9. The van der Waals surface area contributed by atoms with Crippen molar-refractivity contribution in [3.05, 3.63) is 246 Å². The first-order chi connectivity index (χ1) is 52.3. The van der Waals surface area contributed by atoms with Crippen LogP contribution in [0.1, 0.15) is 118 Å². The number of aliphatic hydroxyl groups is 5. The van der Waals surface area contributed by atoms with Crippen LogP contribution < -0.4 is 21.9 Å². The number of hydroxylamine groups is 4. The Balaban J connectivity index is 0.000000155. The number of aryl methyl sites for hydroxylation is 4. The van der Waals surface area contributed by atoms with E-state index in [1.165, 1.54) is 69.6 Å². The highest BCUT2D eigenvalue weighted by molar-refractivity contribution is 14.1. The van der Waals surface area contributed by atoms with E-state index >= 15 is 0 Å². The first-order valence-electron chi connectivity index (χ1n) is 33.5. The van der Waals surface area contributed by atoms with E-state index in [-0.39, 0.29) is 74.9 Å². The normalized spacial score (nSPS) is 12.4. The molecule has 12 aromatic rings. The number of aromatic nitrogens is 4. The fraction of sp³-hybridized carbons (Fsp3) is 0.263. The van der Waals surface area contributed by atoms with Gasteiger partial charge >= 0.3 is 0 Å². The van der Waals surface area contributed by atoms with Crippen molar-refractivity contribution in [1.82, 2.24) is 41.9 Å². The van der Waals surface area contributed by atoms with Gasteiger partial charge in [-0.05, 0) is 254 Å². The van der Waals surface area contributed by atoms with Gasteiger partial charge in [-0.25, -0.2) is 59.4 Å². The number of carbonyl (C=O) groups excluding carboxylic acids is 4. The number of thiophene rings is 4. The van der Waals surface area contributed by atoms with E-state index in [9.17, 15) is 47.0 Å². The van der Waals surface area contributed by atoms with Crippen LogP contribution in [0.3, 0.4) is 0 Å². The molecule has 4 aromatic carbocycles. The molecule has 1 fully saturated rings. The maximum Gasteiger partial charge on any atom is 0.276 e. The minimum absolute atomic E-state index is 0.00781. The molecule has 1 saturated carbocycles. The fourth-order valence-electron chi connectivity index (χ4n) is 11.1. The summed E-state index contributed by atoms with van der Waals surface area (Å²) < 4.78 is 60.6. The largest absolute Gasteiger partial charge is 0.394 e. The second-order valence-corrected chi connectivity index (χ2v) is 34.1. The Kier molecular flexibility index (Phi) is 31.4. The van der Waals surface area contributed by atoms with Gasteiger partial charge in [0.2, 0.25) is 0 Å². The van der Waals surface area contributed by atoms with Crippen LogP contribution in [0, 0.1) is 71.2 Å². The Bertz CT molecular complexity index is 5120. The second-order valence-electron chi connectivity index (χ2n) is 24.8. The SMILES string of the molecule is Cc1ccnc2sc(Cc3ccc(I)cc3F)c(C(=O)NOCC3CC3)c12.Cc1ccnc2sc(Cc3ccc(I)cc3F)c(C(=O)NOCCO)c12.Cc1ccnc2sc(Cc3ccc(I)cc3F)c(C(=O)NOC[C@@H](O)CO)c12.Cc1ccnc2sc(Cc3ccc(I)cc3F)c(C(=O)NOC[C@H](O)CO)c12. The molecular formula is C76H70F4I4N8O13S4. The van der Waals surface area contributed by atoms with Gasteiger partial charge in [-0.2, -0.15) is 0 Å². The third-order valence-corrected chi connectivity index (χ3v) is 23.8. The molecule has 4 amide bonds. The summed E-state index contributed by atoms with van der Waals surface area (Å²) in [5, 5.41) is 48.1. The summed E-state index contributed by atoms with van der Waals surface area (Å²) in [5.41, 5.74) is 16.9. The van der Waals surface area contributed by atoms with Crippen molar-refractivity contribution in [3.63, 3.8) is 0 Å². The van der Waals surface area contributed by atoms with Crippen molar-refractivity contribution in [2.24, 2.45) is 5.92 Å². The summed E-state index contributed by atoms with van der Waals surface area (Å²) in [6.45, 7) is 6.48. The molecule has 9 N–H and O–H groups in total. The number of hydrogen-bond donors (Lipinski definition) is 9. The van der Waals surface area contributed by atoms with E-state index in [1.807, 2.05) is 109 Å². The van der Waals surface area contributed by atoms with E-state index in [4.69, 9.17) is 34.7 Å². The highest BCUT2D eigenvalue weighted by Crippen LogP contribution is 2.39. The average molecular weight is 2020 g/mol. The number of benzene rings is 4. The number of nitrogens with one attached hydrogen (secondary N) is 4. The number of hydrogen-bond acceptors (Lipinski definition) is 21. The Morgan fingerprint density at radius 3 is 0.945 bits per heavy atom. The highest BCUT2D eigenvalue weighted by Gasteiger charge is 2.29. The van der Waals surface area contributed by atoms with Gasteiger partial charge in [-0.3, -0.25) is 38.5 Å². The van der Waals surface area contributed by atoms with Gasteiger partial charge in [-0.1, -0.05) is 24.3 Å². The molecule has 0 bridgehead atoms. The second kappa shape index (κ2) is 40.3. The zero-order chi connectivity index (χ0) is 78.2. The van der Waals surface area contributed by atoms with E-state index in [2.05, 4.69) is 87.0 Å². The summed E-state index contributed by atoms with van der Waals surface area (Å²) in [4.78, 5) is 94.6. The maximum absolute atomic E-state index is 14.4. The lowest BCUT2D eigenvalue weighted by Gasteiger charge is -2.10. The van der Waals surface area contributed by atoms with Crippen LogP contribution in [0.5, 0.6) is 0 Å². The molecule has 572 valence electrons. The number of carbonyl (C=O) groups is 4. The molecule has 1 aliphatic carbocycles. The monoisotopic (exact) mass is 2010 g/mol. The van der Waals surface area contributed by atoms with Gasteiger partial charge < -0.3 is 25.5 Å². The van der Waals surface area contributed by atoms with E-state index < -0.39 is 43.1 Å². The number of fused-ring (bicyclic) bond motifs is 4. The number of aliphatic hydroxyl groups excluding tert-OH is 5. The molecule has 0 radical (unpaired) electrons. The molecular weight excluding hydrogens is 1940 g/mol. The molecule has 21 nitrogen and oxygen atoms in total. The lowest BCUT2D eigenvalue weighted by molar-refractivity contribution is -0.0295. The van der Waals surface area contributed by atoms with E-state index in [1.54, 1.807) is 61.2 Å². The van der Waals surface area contributed by atoms with Gasteiger partial charge in [-0.15, -0.1) is 45.3 Å². The molecule has 0 saturated heterocycles. The number of halogens is 8. The third kappa shape index (κ3) is 22.5. The average Bonchev–Trinajstić information content (AvgIpc) is 1.65. The molecule has 8 aromatic heterocycles. The first-order valence-corrected chi connectivity index (χ1v) is 41.0. The Morgan fingerprint density at radius 1 is 0.431 bits per heavy atom. The quantitative estimate of drug-likeness (QED) is 0.0105. The standard InChI is InChI=1S/C20H18FIN2O2S.2C19H18FIN2O4S.C18H16FIN2O3S/c1-11-6-7-23-20-17(11)18(19(25)24-26-10-12-2-3-12)16(27-20)8-13-4-5-14(22)9-15(13)21;2*1-10-4-5-22-19-16(10)17(18(26)23-27-9-13(25)8-24)15(28-19)6-11-2-3-12(21)7-14(11)20;1-10-4-5-21-18-15(10)16(17(24)22-25-7-6-23)14(26-18)8-11-2-3-12(20)9-13(11)19/h4-7,9,12H,2-3,8,10H2,1H3,(H,24,25);2*2-5,7,13,24-25H,6,8-9H2,1H3,(H,23,26);2-5,9,23H,6-8H2,1H3,(H,22,24)/t;2*13-;/m.10./s1. The molecule has 8 heterocycles. The van der Waals surface area contributed by atoms with Gasteiger partial charge in [0.05, 0.1) is 55.3 Å². The molecule has 13 rings (SSSR count). The minimum Gasteiger partial charge on any atom is -0.394 e. The van der Waals surface area contributed by atoms with Gasteiger partial charge in [0, 0.05) is 106 Å². The predicted molar refractivity (Wildman–Crippen MR) is 445 cm³/mol.